The monoisotopic (exact) mass is 475 g/mol. The normalized spacial score (nSPS) is 24.4. The van der Waals surface area contributed by atoms with E-state index >= 15 is 0 Å². The van der Waals surface area contributed by atoms with E-state index in [-0.39, 0.29) is 35.4 Å². The van der Waals surface area contributed by atoms with Crippen molar-refractivity contribution >= 4 is 17.5 Å². The van der Waals surface area contributed by atoms with Crippen LogP contribution in [-0.4, -0.2) is 53.9 Å². The van der Waals surface area contributed by atoms with Crippen LogP contribution in [0.25, 0.3) is 0 Å². The van der Waals surface area contributed by atoms with E-state index in [4.69, 9.17) is 21.1 Å². The number of hydrazine groups is 1. The highest BCUT2D eigenvalue weighted by Gasteiger charge is 2.55. The minimum atomic E-state index is -0.480. The predicted octanol–water partition coefficient (Wildman–Crippen LogP) is 3.21. The molecule has 178 valence electrons. The first kappa shape index (κ1) is 23.6. The molecule has 0 radical (unpaired) electrons. The molecule has 2 aromatic carbocycles. The van der Waals surface area contributed by atoms with Crippen molar-refractivity contribution in [3.05, 3.63) is 52.0 Å². The Balaban J connectivity index is 1.78. The maximum Gasteiger partial charge on any atom is 0.242 e. The number of amides is 1. The van der Waals surface area contributed by atoms with E-state index < -0.39 is 6.04 Å². The second-order valence-electron chi connectivity index (χ2n) is 8.46. The number of likely N-dealkylation sites (tertiary alicyclic amines) is 1. The summed E-state index contributed by atoms with van der Waals surface area (Å²) in [5.41, 5.74) is 8.61. The van der Waals surface area contributed by atoms with Gasteiger partial charge in [0, 0.05) is 36.8 Å². The SMILES string of the molecule is CCOc1cc(C2C3C(NNC3c3cc(Cl)c(C)cc3O)C(=O)N2CCCOC)ccc1O. The number of nitrogens with zero attached hydrogens (tertiary/aromatic N) is 1. The first-order valence-electron chi connectivity index (χ1n) is 11.1. The van der Waals surface area contributed by atoms with Crippen LogP contribution in [0.15, 0.2) is 30.3 Å². The molecule has 9 heteroatoms. The molecule has 0 bridgehead atoms. The van der Waals surface area contributed by atoms with E-state index in [0.717, 1.165) is 11.1 Å². The molecule has 2 aliphatic rings. The number of nitrogens with one attached hydrogen (secondary N) is 2. The number of carbonyl (C=O) groups excluding carboxylic acids is 1. The highest BCUT2D eigenvalue weighted by atomic mass is 35.5. The van der Waals surface area contributed by atoms with Gasteiger partial charge >= 0.3 is 0 Å². The first-order chi connectivity index (χ1) is 15.9. The van der Waals surface area contributed by atoms with Crippen LogP contribution in [0.3, 0.4) is 0 Å². The second-order valence-corrected chi connectivity index (χ2v) is 8.87. The minimum Gasteiger partial charge on any atom is -0.508 e. The molecule has 0 aliphatic carbocycles. The lowest BCUT2D eigenvalue weighted by molar-refractivity contribution is -0.131. The van der Waals surface area contributed by atoms with E-state index in [2.05, 4.69) is 10.9 Å². The Hall–Kier alpha value is -2.52. The van der Waals surface area contributed by atoms with Crippen LogP contribution in [0.2, 0.25) is 5.02 Å². The van der Waals surface area contributed by atoms with Gasteiger partial charge in [-0.2, -0.15) is 0 Å². The third kappa shape index (κ3) is 4.36. The van der Waals surface area contributed by atoms with Crippen molar-refractivity contribution in [1.82, 2.24) is 15.8 Å². The van der Waals surface area contributed by atoms with Gasteiger partial charge in [-0.15, -0.1) is 0 Å². The summed E-state index contributed by atoms with van der Waals surface area (Å²) in [5, 5.41) is 21.5. The molecule has 2 aromatic rings. The van der Waals surface area contributed by atoms with Gasteiger partial charge < -0.3 is 24.6 Å². The molecule has 33 heavy (non-hydrogen) atoms. The predicted molar refractivity (Wildman–Crippen MR) is 124 cm³/mol. The molecule has 0 aromatic heterocycles. The third-order valence-corrected chi connectivity index (χ3v) is 6.84. The lowest BCUT2D eigenvalue weighted by Gasteiger charge is -2.32. The topological polar surface area (TPSA) is 103 Å². The van der Waals surface area contributed by atoms with Crippen LogP contribution in [0.5, 0.6) is 17.2 Å². The van der Waals surface area contributed by atoms with Crippen LogP contribution in [-0.2, 0) is 9.53 Å². The molecule has 0 spiro atoms. The van der Waals surface area contributed by atoms with Crippen LogP contribution in [0.1, 0.15) is 42.1 Å². The maximum atomic E-state index is 13.4. The highest BCUT2D eigenvalue weighted by molar-refractivity contribution is 6.31. The summed E-state index contributed by atoms with van der Waals surface area (Å²) in [6.07, 6.45) is 0.689. The van der Waals surface area contributed by atoms with Gasteiger partial charge in [0.1, 0.15) is 11.8 Å². The number of rotatable bonds is 8. The molecule has 4 N–H and O–H groups in total. The fourth-order valence-corrected chi connectivity index (χ4v) is 5.08. The Morgan fingerprint density at radius 3 is 2.61 bits per heavy atom. The molecule has 2 saturated heterocycles. The van der Waals surface area contributed by atoms with Gasteiger partial charge in [0.05, 0.1) is 18.7 Å². The maximum absolute atomic E-state index is 13.4. The van der Waals surface area contributed by atoms with Crippen molar-refractivity contribution in [2.45, 2.75) is 38.4 Å². The van der Waals surface area contributed by atoms with Crippen molar-refractivity contribution < 1.29 is 24.5 Å². The summed E-state index contributed by atoms with van der Waals surface area (Å²) >= 11 is 6.38. The van der Waals surface area contributed by atoms with E-state index in [1.54, 1.807) is 31.4 Å². The number of aromatic hydroxyl groups is 2. The number of methoxy groups -OCH3 is 1. The standard InChI is InChI=1S/C24H30ClN3O5/c1-4-33-19-11-14(6-7-17(19)29)23-20-21(15-12-16(25)13(2)10-18(15)30)26-27-22(20)24(31)28(23)8-5-9-32-3/h6-7,10-12,20-23,26-27,29-30H,4-5,8-9H2,1-3H3. The number of hydrogen-bond donors (Lipinski definition) is 4. The lowest BCUT2D eigenvalue weighted by atomic mass is 9.83. The smallest absolute Gasteiger partial charge is 0.242 e. The van der Waals surface area contributed by atoms with Crippen LogP contribution < -0.4 is 15.6 Å². The Kier molecular flexibility index (Phi) is 6.99. The number of phenols is 2. The van der Waals surface area contributed by atoms with E-state index in [9.17, 15) is 15.0 Å². The molecule has 4 atom stereocenters. The zero-order valence-corrected chi connectivity index (χ0v) is 19.7. The Bertz CT molecular complexity index is 1030. The molecular weight excluding hydrogens is 446 g/mol. The largest absolute Gasteiger partial charge is 0.508 e. The number of carbonyl (C=O) groups is 1. The fourth-order valence-electron chi connectivity index (χ4n) is 4.91. The zero-order valence-electron chi connectivity index (χ0n) is 19.0. The summed E-state index contributed by atoms with van der Waals surface area (Å²) in [7, 11) is 1.64. The molecule has 8 nitrogen and oxygen atoms in total. The number of halogens is 1. The van der Waals surface area contributed by atoms with Gasteiger partial charge in [-0.25, -0.2) is 10.9 Å². The molecule has 4 rings (SSSR count). The van der Waals surface area contributed by atoms with Gasteiger partial charge in [-0.3, -0.25) is 4.79 Å². The average molecular weight is 476 g/mol. The summed E-state index contributed by atoms with van der Waals surface area (Å²) < 4.78 is 10.8. The molecule has 2 heterocycles. The van der Waals surface area contributed by atoms with E-state index in [0.29, 0.717) is 42.5 Å². The van der Waals surface area contributed by atoms with Crippen LogP contribution in [0.4, 0.5) is 0 Å². The second kappa shape index (κ2) is 9.77. The van der Waals surface area contributed by atoms with Crippen LogP contribution in [0, 0.1) is 12.8 Å². The number of aryl methyl sites for hydroxylation is 1. The molecular formula is C24H30ClN3O5. The van der Waals surface area contributed by atoms with Crippen LogP contribution >= 0.6 is 11.6 Å². The molecule has 2 aliphatic heterocycles. The fraction of sp³-hybridized carbons (Fsp3) is 0.458. The third-order valence-electron chi connectivity index (χ3n) is 6.43. The summed E-state index contributed by atoms with van der Waals surface area (Å²) in [5.74, 6) is 0.291. The van der Waals surface area contributed by atoms with Gasteiger partial charge in [0.15, 0.2) is 11.5 Å². The Morgan fingerprint density at radius 1 is 1.12 bits per heavy atom. The number of benzene rings is 2. The Morgan fingerprint density at radius 2 is 1.88 bits per heavy atom. The summed E-state index contributed by atoms with van der Waals surface area (Å²) in [6.45, 7) is 5.15. The highest BCUT2D eigenvalue weighted by Crippen LogP contribution is 2.50. The van der Waals surface area contributed by atoms with Crippen molar-refractivity contribution in [3.8, 4) is 17.2 Å². The number of ether oxygens (including phenoxy) is 2. The molecule has 4 unspecified atom stereocenters. The van der Waals surface area contributed by atoms with Crippen molar-refractivity contribution in [3.63, 3.8) is 0 Å². The summed E-state index contributed by atoms with van der Waals surface area (Å²) in [4.78, 5) is 15.3. The molecule has 1 amide bonds. The van der Waals surface area contributed by atoms with Crippen molar-refractivity contribution in [2.75, 3.05) is 26.9 Å². The minimum absolute atomic E-state index is 0.0279. The number of hydrogen-bond acceptors (Lipinski definition) is 7. The van der Waals surface area contributed by atoms with Gasteiger partial charge in [-0.05, 0) is 55.7 Å². The van der Waals surface area contributed by atoms with Gasteiger partial charge in [-0.1, -0.05) is 17.7 Å². The van der Waals surface area contributed by atoms with E-state index in [1.165, 1.54) is 0 Å². The number of phenolic OH excluding ortho intramolecular Hbond substituents is 2. The average Bonchev–Trinajstić information content (AvgIpc) is 3.32. The van der Waals surface area contributed by atoms with Gasteiger partial charge in [0.2, 0.25) is 5.91 Å². The van der Waals surface area contributed by atoms with E-state index in [1.807, 2.05) is 24.8 Å². The quantitative estimate of drug-likeness (QED) is 0.435. The summed E-state index contributed by atoms with van der Waals surface area (Å²) in [6, 6.07) is 7.44. The molecule has 0 saturated carbocycles. The van der Waals surface area contributed by atoms with Gasteiger partial charge in [0.25, 0.3) is 0 Å². The van der Waals surface area contributed by atoms with Crippen molar-refractivity contribution in [1.29, 1.82) is 0 Å². The van der Waals surface area contributed by atoms with Crippen molar-refractivity contribution in [2.24, 2.45) is 5.92 Å². The number of fused-ring (bicyclic) bond motifs is 1. The first-order valence-corrected chi connectivity index (χ1v) is 11.5. The lowest BCUT2D eigenvalue weighted by Crippen LogP contribution is -2.41. The molecule has 2 fully saturated rings. The Labute approximate surface area is 198 Å². The zero-order chi connectivity index (χ0) is 23.7.